The van der Waals surface area contributed by atoms with Gasteiger partial charge in [0.15, 0.2) is 0 Å². The molecule has 1 aliphatic carbocycles. The highest BCUT2D eigenvalue weighted by Crippen LogP contribution is 2.38. The quantitative estimate of drug-likeness (QED) is 0.834. The summed E-state index contributed by atoms with van der Waals surface area (Å²) in [7, 11) is 4.41. The zero-order valence-corrected chi connectivity index (χ0v) is 12.8. The van der Waals surface area contributed by atoms with E-state index in [9.17, 15) is 0 Å². The molecule has 2 heterocycles. The minimum Gasteiger partial charge on any atom is -0.312 e. The first-order valence-corrected chi connectivity index (χ1v) is 8.33. The van der Waals surface area contributed by atoms with Gasteiger partial charge >= 0.3 is 0 Å². The number of nitrogens with zero attached hydrogens (tertiary/aromatic N) is 2. The van der Waals surface area contributed by atoms with E-state index in [1.807, 2.05) is 0 Å². The van der Waals surface area contributed by atoms with Crippen molar-refractivity contribution in [3.63, 3.8) is 0 Å². The molecular formula is C16H31N3. The highest BCUT2D eigenvalue weighted by atomic mass is 15.2. The van der Waals surface area contributed by atoms with Gasteiger partial charge in [-0.25, -0.2) is 0 Å². The van der Waals surface area contributed by atoms with E-state index in [0.717, 1.165) is 23.8 Å². The summed E-state index contributed by atoms with van der Waals surface area (Å²) in [4.78, 5) is 5.08. The summed E-state index contributed by atoms with van der Waals surface area (Å²) in [6, 6.07) is 0.804. The number of likely N-dealkylation sites (tertiary alicyclic amines) is 1. The molecule has 3 nitrogen and oxygen atoms in total. The molecule has 3 rings (SSSR count). The zero-order chi connectivity index (χ0) is 13.2. The molecule has 0 bridgehead atoms. The topological polar surface area (TPSA) is 18.5 Å². The summed E-state index contributed by atoms with van der Waals surface area (Å²) >= 11 is 0. The predicted octanol–water partition coefficient (Wildman–Crippen LogP) is 1.65. The minimum absolute atomic E-state index is 0.804. The largest absolute Gasteiger partial charge is 0.312 e. The van der Waals surface area contributed by atoms with Gasteiger partial charge in [0.25, 0.3) is 0 Å². The third-order valence-electron chi connectivity index (χ3n) is 5.66. The van der Waals surface area contributed by atoms with Crippen molar-refractivity contribution in [2.24, 2.45) is 17.8 Å². The Morgan fingerprint density at radius 3 is 2.63 bits per heavy atom. The Labute approximate surface area is 118 Å². The van der Waals surface area contributed by atoms with E-state index >= 15 is 0 Å². The number of rotatable bonds is 4. The molecule has 3 unspecified atom stereocenters. The van der Waals surface area contributed by atoms with Crippen LogP contribution in [0.1, 0.15) is 32.1 Å². The van der Waals surface area contributed by atoms with Gasteiger partial charge in [0.1, 0.15) is 0 Å². The molecule has 110 valence electrons. The fourth-order valence-electron chi connectivity index (χ4n) is 4.65. The maximum absolute atomic E-state index is 3.80. The molecule has 1 N–H and O–H groups in total. The molecule has 3 fully saturated rings. The van der Waals surface area contributed by atoms with Crippen LogP contribution < -0.4 is 5.32 Å². The van der Waals surface area contributed by atoms with Crippen LogP contribution in [0.2, 0.25) is 0 Å². The number of hydrogen-bond donors (Lipinski definition) is 1. The molecule has 2 saturated heterocycles. The fourth-order valence-corrected chi connectivity index (χ4v) is 4.65. The molecule has 3 heteroatoms. The second-order valence-electron chi connectivity index (χ2n) is 7.38. The maximum Gasteiger partial charge on any atom is 0.0226 e. The van der Waals surface area contributed by atoms with Crippen LogP contribution >= 0.6 is 0 Å². The first-order chi connectivity index (χ1) is 9.22. The summed E-state index contributed by atoms with van der Waals surface area (Å²) in [5.74, 6) is 2.94. The monoisotopic (exact) mass is 265 g/mol. The summed E-state index contributed by atoms with van der Waals surface area (Å²) in [5.41, 5.74) is 0. The van der Waals surface area contributed by atoms with Crippen molar-refractivity contribution in [2.45, 2.75) is 38.1 Å². The molecule has 0 aromatic carbocycles. The van der Waals surface area contributed by atoms with Crippen LogP contribution in [0.5, 0.6) is 0 Å². The van der Waals surface area contributed by atoms with Crippen LogP contribution in [0, 0.1) is 17.8 Å². The van der Waals surface area contributed by atoms with Gasteiger partial charge in [-0.15, -0.1) is 0 Å². The lowest BCUT2D eigenvalue weighted by Crippen LogP contribution is -2.45. The SMILES string of the molecule is CN(C)CC1CCN(CC2NCC3CCCC32)CC1. The first kappa shape index (κ1) is 13.8. The molecule has 2 aliphatic heterocycles. The molecule has 3 aliphatic rings. The molecule has 3 atom stereocenters. The van der Waals surface area contributed by atoms with E-state index < -0.39 is 0 Å². The number of fused-ring (bicyclic) bond motifs is 1. The Bertz CT molecular complexity index is 284. The highest BCUT2D eigenvalue weighted by molar-refractivity contribution is 4.95. The van der Waals surface area contributed by atoms with E-state index in [1.165, 1.54) is 64.8 Å². The second kappa shape index (κ2) is 6.11. The van der Waals surface area contributed by atoms with Crippen molar-refractivity contribution in [1.82, 2.24) is 15.1 Å². The van der Waals surface area contributed by atoms with Crippen LogP contribution in [0.25, 0.3) is 0 Å². The average Bonchev–Trinajstić information content (AvgIpc) is 2.96. The average molecular weight is 265 g/mol. The Balaban J connectivity index is 1.42. The molecule has 0 spiro atoms. The molecule has 1 saturated carbocycles. The summed E-state index contributed by atoms with van der Waals surface area (Å²) < 4.78 is 0. The number of nitrogens with one attached hydrogen (secondary N) is 1. The highest BCUT2D eigenvalue weighted by Gasteiger charge is 2.39. The van der Waals surface area contributed by atoms with E-state index in [4.69, 9.17) is 0 Å². The van der Waals surface area contributed by atoms with E-state index in [1.54, 1.807) is 0 Å². The van der Waals surface area contributed by atoms with Crippen LogP contribution in [-0.4, -0.2) is 62.7 Å². The molecule has 0 aromatic rings. The van der Waals surface area contributed by atoms with Crippen molar-refractivity contribution >= 4 is 0 Å². The smallest absolute Gasteiger partial charge is 0.0226 e. The van der Waals surface area contributed by atoms with E-state index in [0.29, 0.717) is 0 Å². The van der Waals surface area contributed by atoms with E-state index in [2.05, 4.69) is 29.2 Å². The van der Waals surface area contributed by atoms with Gasteiger partial charge in [-0.05, 0) is 77.2 Å². The lowest BCUT2D eigenvalue weighted by Gasteiger charge is -2.35. The molecule has 0 radical (unpaired) electrons. The maximum atomic E-state index is 3.80. The summed E-state index contributed by atoms with van der Waals surface area (Å²) in [6.07, 6.45) is 7.26. The van der Waals surface area contributed by atoms with Gasteiger partial charge < -0.3 is 15.1 Å². The van der Waals surface area contributed by atoms with Crippen LogP contribution in [-0.2, 0) is 0 Å². The third kappa shape index (κ3) is 3.32. The molecular weight excluding hydrogens is 234 g/mol. The van der Waals surface area contributed by atoms with E-state index in [-0.39, 0.29) is 0 Å². The molecule has 19 heavy (non-hydrogen) atoms. The predicted molar refractivity (Wildman–Crippen MR) is 80.3 cm³/mol. The van der Waals surface area contributed by atoms with Gasteiger partial charge in [0.05, 0.1) is 0 Å². The Morgan fingerprint density at radius 1 is 1.11 bits per heavy atom. The van der Waals surface area contributed by atoms with Crippen molar-refractivity contribution < 1.29 is 0 Å². The third-order valence-corrected chi connectivity index (χ3v) is 5.66. The van der Waals surface area contributed by atoms with Gasteiger partial charge in [-0.3, -0.25) is 0 Å². The first-order valence-electron chi connectivity index (χ1n) is 8.33. The Hall–Kier alpha value is -0.120. The van der Waals surface area contributed by atoms with Gasteiger partial charge in [0.2, 0.25) is 0 Å². The second-order valence-corrected chi connectivity index (χ2v) is 7.38. The fraction of sp³-hybridized carbons (Fsp3) is 1.00. The summed E-state index contributed by atoms with van der Waals surface area (Å²) in [5, 5.41) is 3.80. The zero-order valence-electron chi connectivity index (χ0n) is 12.8. The van der Waals surface area contributed by atoms with Crippen molar-refractivity contribution in [3.05, 3.63) is 0 Å². The van der Waals surface area contributed by atoms with Crippen LogP contribution in [0.15, 0.2) is 0 Å². The standard InChI is InChI=1S/C16H31N3/c1-18(2)11-13-6-8-19(9-7-13)12-16-15-5-3-4-14(15)10-17-16/h13-17H,3-12H2,1-2H3. The van der Waals surface area contributed by atoms with Gasteiger partial charge in [-0.1, -0.05) is 6.42 Å². The minimum atomic E-state index is 0.804. The Kier molecular flexibility index (Phi) is 4.45. The lowest BCUT2D eigenvalue weighted by molar-refractivity contribution is 0.145. The molecule has 0 amide bonds. The van der Waals surface area contributed by atoms with Gasteiger partial charge in [-0.2, -0.15) is 0 Å². The molecule has 0 aromatic heterocycles. The normalized spacial score (nSPS) is 37.1. The van der Waals surface area contributed by atoms with Crippen molar-refractivity contribution in [1.29, 1.82) is 0 Å². The number of piperidine rings is 1. The lowest BCUT2D eigenvalue weighted by atomic mass is 9.92. The van der Waals surface area contributed by atoms with Crippen LogP contribution in [0.4, 0.5) is 0 Å². The number of hydrogen-bond acceptors (Lipinski definition) is 3. The van der Waals surface area contributed by atoms with Crippen molar-refractivity contribution in [2.75, 3.05) is 46.8 Å². The Morgan fingerprint density at radius 2 is 1.89 bits per heavy atom. The summed E-state index contributed by atoms with van der Waals surface area (Å²) in [6.45, 7) is 6.55. The van der Waals surface area contributed by atoms with Crippen molar-refractivity contribution in [3.8, 4) is 0 Å². The van der Waals surface area contributed by atoms with Gasteiger partial charge in [0, 0.05) is 19.1 Å². The van der Waals surface area contributed by atoms with Crippen LogP contribution in [0.3, 0.4) is 0 Å².